The van der Waals surface area contributed by atoms with Crippen LogP contribution in [0.4, 0.5) is 5.82 Å². The standard InChI is InChI=1S/C23H25N5O3/c1-4-26-17-10-9-15(12-18(17)27(5-2)23(26)31)20-21(16-8-6-7-14(3)11-16)25-28(22(20)24)13-19(29)30/h6-12H,4-5,13,24H2,1-3H3,(H,29,30). The number of benzene rings is 2. The quantitative estimate of drug-likeness (QED) is 0.498. The number of carboxylic acid groups (broad SMARTS) is 1. The van der Waals surface area contributed by atoms with Crippen molar-refractivity contribution in [3.8, 4) is 22.4 Å². The van der Waals surface area contributed by atoms with Gasteiger partial charge in [-0.25, -0.2) is 9.48 Å². The van der Waals surface area contributed by atoms with E-state index < -0.39 is 5.97 Å². The zero-order valence-electron chi connectivity index (χ0n) is 17.8. The van der Waals surface area contributed by atoms with Crippen molar-refractivity contribution in [2.75, 3.05) is 5.73 Å². The highest BCUT2D eigenvalue weighted by molar-refractivity contribution is 5.92. The summed E-state index contributed by atoms with van der Waals surface area (Å²) in [5.74, 6) is -0.745. The van der Waals surface area contributed by atoms with E-state index in [0.717, 1.165) is 27.7 Å². The number of imidazole rings is 1. The lowest BCUT2D eigenvalue weighted by Crippen LogP contribution is -2.22. The van der Waals surface area contributed by atoms with Gasteiger partial charge in [-0.1, -0.05) is 29.8 Å². The van der Waals surface area contributed by atoms with Crippen molar-refractivity contribution in [2.45, 2.75) is 40.4 Å². The third-order valence-corrected chi connectivity index (χ3v) is 5.51. The number of carboxylic acids is 1. The van der Waals surface area contributed by atoms with Crippen molar-refractivity contribution in [3.63, 3.8) is 0 Å². The van der Waals surface area contributed by atoms with Crippen LogP contribution in [0.25, 0.3) is 33.4 Å². The predicted molar refractivity (Wildman–Crippen MR) is 121 cm³/mol. The van der Waals surface area contributed by atoms with E-state index in [9.17, 15) is 14.7 Å². The summed E-state index contributed by atoms with van der Waals surface area (Å²) >= 11 is 0. The first-order valence-electron chi connectivity index (χ1n) is 10.2. The summed E-state index contributed by atoms with van der Waals surface area (Å²) in [7, 11) is 0. The minimum absolute atomic E-state index is 0.0504. The second kappa shape index (κ2) is 7.79. The minimum Gasteiger partial charge on any atom is -0.480 e. The smallest absolute Gasteiger partial charge is 0.329 e. The summed E-state index contributed by atoms with van der Waals surface area (Å²) in [4.78, 5) is 24.1. The number of anilines is 1. The van der Waals surface area contributed by atoms with Crippen LogP contribution in [0.3, 0.4) is 0 Å². The number of carbonyl (C=O) groups is 1. The normalized spacial score (nSPS) is 11.3. The van der Waals surface area contributed by atoms with Crippen LogP contribution in [0, 0.1) is 6.92 Å². The zero-order chi connectivity index (χ0) is 22.3. The van der Waals surface area contributed by atoms with Crippen LogP contribution in [0.1, 0.15) is 19.4 Å². The Morgan fingerprint density at radius 1 is 1.03 bits per heavy atom. The number of nitrogen functional groups attached to an aromatic ring is 1. The molecule has 0 aliphatic heterocycles. The molecule has 0 radical (unpaired) electrons. The Bertz CT molecular complexity index is 1360. The Morgan fingerprint density at radius 2 is 1.74 bits per heavy atom. The molecule has 160 valence electrons. The highest BCUT2D eigenvalue weighted by Gasteiger charge is 2.22. The number of nitrogens with two attached hydrogens (primary N) is 1. The Labute approximate surface area is 179 Å². The molecule has 0 atom stereocenters. The van der Waals surface area contributed by atoms with Crippen LogP contribution < -0.4 is 11.4 Å². The minimum atomic E-state index is -1.02. The van der Waals surface area contributed by atoms with Gasteiger partial charge in [-0.05, 0) is 44.5 Å². The molecule has 8 nitrogen and oxygen atoms in total. The van der Waals surface area contributed by atoms with E-state index in [1.165, 1.54) is 4.68 Å². The molecule has 0 aliphatic rings. The van der Waals surface area contributed by atoms with Crippen molar-refractivity contribution in [1.82, 2.24) is 18.9 Å². The maximum absolute atomic E-state index is 12.7. The van der Waals surface area contributed by atoms with Gasteiger partial charge in [0.15, 0.2) is 0 Å². The van der Waals surface area contributed by atoms with Gasteiger partial charge < -0.3 is 10.8 Å². The molecule has 0 saturated carbocycles. The van der Waals surface area contributed by atoms with E-state index in [0.29, 0.717) is 24.3 Å². The average molecular weight is 419 g/mol. The fraction of sp³-hybridized carbons (Fsp3) is 0.261. The zero-order valence-corrected chi connectivity index (χ0v) is 17.8. The third kappa shape index (κ3) is 3.39. The summed E-state index contributed by atoms with van der Waals surface area (Å²) in [5.41, 5.74) is 12.0. The molecule has 0 aliphatic carbocycles. The van der Waals surface area contributed by atoms with Gasteiger partial charge in [0.05, 0.1) is 16.6 Å². The topological polar surface area (TPSA) is 108 Å². The van der Waals surface area contributed by atoms with E-state index in [1.54, 1.807) is 9.13 Å². The number of fused-ring (bicyclic) bond motifs is 1. The van der Waals surface area contributed by atoms with Crippen molar-refractivity contribution in [2.24, 2.45) is 0 Å². The molecule has 0 amide bonds. The Hall–Kier alpha value is -3.81. The molecule has 2 aromatic carbocycles. The molecule has 4 rings (SSSR count). The third-order valence-electron chi connectivity index (χ3n) is 5.51. The molecule has 31 heavy (non-hydrogen) atoms. The Morgan fingerprint density at radius 3 is 2.39 bits per heavy atom. The number of hydrogen-bond acceptors (Lipinski definition) is 4. The van der Waals surface area contributed by atoms with Crippen LogP contribution in [0.15, 0.2) is 47.3 Å². The van der Waals surface area contributed by atoms with Crippen molar-refractivity contribution in [1.29, 1.82) is 0 Å². The van der Waals surface area contributed by atoms with Crippen LogP contribution in [0.5, 0.6) is 0 Å². The van der Waals surface area contributed by atoms with Crippen LogP contribution in [-0.4, -0.2) is 30.0 Å². The fourth-order valence-corrected chi connectivity index (χ4v) is 4.09. The molecular formula is C23H25N5O3. The highest BCUT2D eigenvalue weighted by Crippen LogP contribution is 2.37. The maximum Gasteiger partial charge on any atom is 0.329 e. The second-order valence-electron chi connectivity index (χ2n) is 7.50. The molecule has 2 heterocycles. The van der Waals surface area contributed by atoms with Crippen LogP contribution in [-0.2, 0) is 24.4 Å². The van der Waals surface area contributed by atoms with Gasteiger partial charge in [0.1, 0.15) is 18.1 Å². The first kappa shape index (κ1) is 20.5. The number of aryl methyl sites for hydroxylation is 3. The first-order valence-corrected chi connectivity index (χ1v) is 10.2. The Balaban J connectivity index is 2.00. The van der Waals surface area contributed by atoms with Gasteiger partial charge in [-0.15, -0.1) is 0 Å². The number of nitrogens with zero attached hydrogens (tertiary/aromatic N) is 4. The summed E-state index contributed by atoms with van der Waals surface area (Å²) in [6.07, 6.45) is 0. The number of hydrogen-bond donors (Lipinski definition) is 2. The molecule has 8 heteroatoms. The largest absolute Gasteiger partial charge is 0.480 e. The molecule has 0 saturated heterocycles. The van der Waals surface area contributed by atoms with Gasteiger partial charge in [0.25, 0.3) is 0 Å². The van der Waals surface area contributed by atoms with E-state index in [2.05, 4.69) is 5.10 Å². The summed E-state index contributed by atoms with van der Waals surface area (Å²) in [5, 5.41) is 13.8. The van der Waals surface area contributed by atoms with Crippen LogP contribution in [0.2, 0.25) is 0 Å². The fourth-order valence-electron chi connectivity index (χ4n) is 4.09. The van der Waals surface area contributed by atoms with Crippen molar-refractivity contribution in [3.05, 3.63) is 58.5 Å². The maximum atomic E-state index is 12.7. The molecule has 0 unspecified atom stereocenters. The van der Waals surface area contributed by atoms with Gasteiger partial charge in [-0.2, -0.15) is 5.10 Å². The average Bonchev–Trinajstić information content (AvgIpc) is 3.20. The van der Waals surface area contributed by atoms with Crippen molar-refractivity contribution < 1.29 is 9.90 Å². The SMILES string of the molecule is CCn1c(=O)n(CC)c2cc(-c3c(-c4cccc(C)c4)nn(CC(=O)O)c3N)ccc21. The Kier molecular flexibility index (Phi) is 5.14. The van der Waals surface area contributed by atoms with Crippen molar-refractivity contribution >= 4 is 22.8 Å². The summed E-state index contributed by atoms with van der Waals surface area (Å²) in [6.45, 7) is 6.65. The van der Waals surface area contributed by atoms with Gasteiger partial charge in [-0.3, -0.25) is 13.9 Å². The van der Waals surface area contributed by atoms with Gasteiger partial charge >= 0.3 is 11.7 Å². The summed E-state index contributed by atoms with van der Waals surface area (Å²) < 4.78 is 4.78. The lowest BCUT2D eigenvalue weighted by atomic mass is 9.99. The monoisotopic (exact) mass is 419 g/mol. The lowest BCUT2D eigenvalue weighted by molar-refractivity contribution is -0.137. The molecule has 0 bridgehead atoms. The number of rotatable bonds is 6. The van der Waals surface area contributed by atoms with E-state index in [-0.39, 0.29) is 18.1 Å². The molecule has 0 spiro atoms. The summed E-state index contributed by atoms with van der Waals surface area (Å²) in [6, 6.07) is 13.6. The van der Waals surface area contributed by atoms with Gasteiger partial charge in [0.2, 0.25) is 0 Å². The molecule has 4 aromatic rings. The molecular weight excluding hydrogens is 394 g/mol. The molecule has 2 aromatic heterocycles. The number of aromatic nitrogens is 4. The van der Waals surface area contributed by atoms with E-state index in [4.69, 9.17) is 5.73 Å². The van der Waals surface area contributed by atoms with E-state index >= 15 is 0 Å². The highest BCUT2D eigenvalue weighted by atomic mass is 16.4. The number of aliphatic carboxylic acids is 1. The predicted octanol–water partition coefficient (Wildman–Crippen LogP) is 3.35. The van der Waals surface area contributed by atoms with Gasteiger partial charge in [0, 0.05) is 18.7 Å². The molecule has 3 N–H and O–H groups in total. The second-order valence-corrected chi connectivity index (χ2v) is 7.50. The first-order chi connectivity index (χ1) is 14.8. The van der Waals surface area contributed by atoms with E-state index in [1.807, 2.05) is 63.2 Å². The lowest BCUT2D eigenvalue weighted by Gasteiger charge is -2.07. The molecule has 0 fully saturated rings. The van der Waals surface area contributed by atoms with Crippen LogP contribution >= 0.6 is 0 Å².